The number of hydrogen-bond donors (Lipinski definition) is 0. The van der Waals surface area contributed by atoms with E-state index >= 15 is 0 Å². The number of Topliss-reactive ketones (excluding diaryl/α,β-unsaturated/α-hetero) is 1. The Bertz CT molecular complexity index is 331. The maximum atomic E-state index is 11.2. The van der Waals surface area contributed by atoms with Gasteiger partial charge in [-0.05, 0) is 19.8 Å². The Morgan fingerprint density at radius 2 is 2.19 bits per heavy atom. The quantitative estimate of drug-likeness (QED) is 0.523. The van der Waals surface area contributed by atoms with E-state index in [1.165, 1.54) is 6.92 Å². The molecule has 88 valence electrons. The minimum absolute atomic E-state index is 0.0698. The molecule has 1 aliphatic rings. The summed E-state index contributed by atoms with van der Waals surface area (Å²) in [4.78, 5) is 33.3. The van der Waals surface area contributed by atoms with Gasteiger partial charge >= 0.3 is 11.9 Å². The summed E-state index contributed by atoms with van der Waals surface area (Å²) in [5.41, 5.74) is 0.213. The van der Waals surface area contributed by atoms with Gasteiger partial charge < -0.3 is 9.47 Å². The summed E-state index contributed by atoms with van der Waals surface area (Å²) in [7, 11) is 0. The Morgan fingerprint density at radius 3 is 2.69 bits per heavy atom. The highest BCUT2D eigenvalue weighted by Crippen LogP contribution is 2.17. The molecule has 0 heterocycles. The van der Waals surface area contributed by atoms with Gasteiger partial charge in [-0.1, -0.05) is 6.58 Å². The van der Waals surface area contributed by atoms with Gasteiger partial charge in [0.1, 0.15) is 0 Å². The van der Waals surface area contributed by atoms with E-state index < -0.39 is 24.6 Å². The molecular formula is C11H14O5. The van der Waals surface area contributed by atoms with Crippen molar-refractivity contribution in [3.63, 3.8) is 0 Å². The second-order valence-corrected chi connectivity index (χ2v) is 3.69. The van der Waals surface area contributed by atoms with Crippen LogP contribution < -0.4 is 0 Å². The van der Waals surface area contributed by atoms with Gasteiger partial charge in [-0.3, -0.25) is 4.79 Å². The van der Waals surface area contributed by atoms with Crippen molar-refractivity contribution in [2.24, 2.45) is 0 Å². The third kappa shape index (κ3) is 3.49. The van der Waals surface area contributed by atoms with E-state index in [1.807, 2.05) is 0 Å². The van der Waals surface area contributed by atoms with Crippen LogP contribution in [0.3, 0.4) is 0 Å². The Morgan fingerprint density at radius 1 is 1.50 bits per heavy atom. The molecule has 0 N–H and O–H groups in total. The molecule has 5 heteroatoms. The summed E-state index contributed by atoms with van der Waals surface area (Å²) in [6.07, 6.45) is 1.08. The third-order valence-electron chi connectivity index (χ3n) is 2.19. The number of carbonyl (C=O) groups is 3. The molecule has 16 heavy (non-hydrogen) atoms. The highest BCUT2D eigenvalue weighted by Gasteiger charge is 2.28. The second-order valence-electron chi connectivity index (χ2n) is 3.69. The topological polar surface area (TPSA) is 69.7 Å². The number of hydrogen-bond acceptors (Lipinski definition) is 5. The smallest absolute Gasteiger partial charge is 0.345 e. The molecule has 1 fully saturated rings. The summed E-state index contributed by atoms with van der Waals surface area (Å²) >= 11 is 0. The fraction of sp³-hybridized carbons (Fsp3) is 0.545. The van der Waals surface area contributed by atoms with Crippen LogP contribution in [0.4, 0.5) is 0 Å². The number of esters is 2. The molecule has 0 amide bonds. The lowest BCUT2D eigenvalue weighted by Crippen LogP contribution is -2.25. The summed E-state index contributed by atoms with van der Waals surface area (Å²) < 4.78 is 9.44. The molecule has 0 bridgehead atoms. The van der Waals surface area contributed by atoms with E-state index in [1.54, 1.807) is 0 Å². The summed E-state index contributed by atoms with van der Waals surface area (Å²) in [6, 6.07) is 0. The Labute approximate surface area is 93.4 Å². The highest BCUT2D eigenvalue weighted by molar-refractivity contribution is 5.90. The van der Waals surface area contributed by atoms with E-state index in [4.69, 9.17) is 4.74 Å². The van der Waals surface area contributed by atoms with Crippen LogP contribution in [0, 0.1) is 0 Å². The zero-order chi connectivity index (χ0) is 12.1. The van der Waals surface area contributed by atoms with Gasteiger partial charge in [-0.25, -0.2) is 9.59 Å². The highest BCUT2D eigenvalue weighted by atomic mass is 16.6. The standard InChI is InChI=1S/C11H14O5/c1-7(2)11(14)15-6-10(13)16-9-5-3-4-8(9)12/h9H,1,3-6H2,2H3. The summed E-state index contributed by atoms with van der Waals surface area (Å²) in [5, 5.41) is 0. The van der Waals surface area contributed by atoms with Crippen LogP contribution in [0.25, 0.3) is 0 Å². The van der Waals surface area contributed by atoms with Crippen molar-refractivity contribution in [2.45, 2.75) is 32.3 Å². The molecule has 0 aliphatic heterocycles. The molecule has 0 aromatic carbocycles. The van der Waals surface area contributed by atoms with Gasteiger partial charge in [-0.15, -0.1) is 0 Å². The normalized spacial score (nSPS) is 19.3. The summed E-state index contributed by atoms with van der Waals surface area (Å²) in [5.74, 6) is -1.41. The van der Waals surface area contributed by atoms with Crippen LogP contribution in [0.2, 0.25) is 0 Å². The molecule has 1 rings (SSSR count). The van der Waals surface area contributed by atoms with Crippen LogP contribution in [0.5, 0.6) is 0 Å². The average Bonchev–Trinajstić information content (AvgIpc) is 2.60. The largest absolute Gasteiger partial charge is 0.452 e. The minimum Gasteiger partial charge on any atom is -0.452 e. The first-order chi connectivity index (χ1) is 7.50. The number of ether oxygens (including phenoxy) is 2. The average molecular weight is 226 g/mol. The lowest BCUT2D eigenvalue weighted by atomic mass is 10.3. The van der Waals surface area contributed by atoms with Crippen molar-refractivity contribution in [1.82, 2.24) is 0 Å². The van der Waals surface area contributed by atoms with Crippen LogP contribution in [-0.2, 0) is 23.9 Å². The Balaban J connectivity index is 2.28. The van der Waals surface area contributed by atoms with Gasteiger partial charge in [0, 0.05) is 12.0 Å². The fourth-order valence-corrected chi connectivity index (χ4v) is 1.35. The molecule has 0 saturated heterocycles. The number of ketones is 1. The van der Waals surface area contributed by atoms with Crippen LogP contribution in [0.15, 0.2) is 12.2 Å². The van der Waals surface area contributed by atoms with Crippen LogP contribution >= 0.6 is 0 Å². The van der Waals surface area contributed by atoms with Crippen molar-refractivity contribution in [3.8, 4) is 0 Å². The first kappa shape index (κ1) is 12.4. The predicted octanol–water partition coefficient (Wildman–Crippen LogP) is 0.770. The van der Waals surface area contributed by atoms with Gasteiger partial charge in [-0.2, -0.15) is 0 Å². The van der Waals surface area contributed by atoms with Crippen molar-refractivity contribution in [3.05, 3.63) is 12.2 Å². The van der Waals surface area contributed by atoms with Gasteiger partial charge in [0.2, 0.25) is 0 Å². The SMILES string of the molecule is C=C(C)C(=O)OCC(=O)OC1CCCC1=O. The van der Waals surface area contributed by atoms with Crippen molar-refractivity contribution < 1.29 is 23.9 Å². The molecule has 5 nitrogen and oxygen atoms in total. The lowest BCUT2D eigenvalue weighted by Gasteiger charge is -2.10. The fourth-order valence-electron chi connectivity index (χ4n) is 1.35. The Kier molecular flexibility index (Phi) is 4.22. The predicted molar refractivity (Wildman–Crippen MR) is 54.5 cm³/mol. The zero-order valence-electron chi connectivity index (χ0n) is 9.15. The molecule has 0 spiro atoms. The molecule has 1 unspecified atom stereocenters. The minimum atomic E-state index is -0.699. The van der Waals surface area contributed by atoms with E-state index in [9.17, 15) is 14.4 Å². The lowest BCUT2D eigenvalue weighted by molar-refractivity contribution is -0.162. The van der Waals surface area contributed by atoms with E-state index in [0.29, 0.717) is 12.8 Å². The second kappa shape index (κ2) is 5.44. The maximum absolute atomic E-state index is 11.2. The summed E-state index contributed by atoms with van der Waals surface area (Å²) in [6.45, 7) is 4.37. The van der Waals surface area contributed by atoms with Crippen molar-refractivity contribution in [1.29, 1.82) is 0 Å². The number of rotatable bonds is 4. The molecule has 0 aromatic rings. The maximum Gasteiger partial charge on any atom is 0.345 e. The molecule has 0 radical (unpaired) electrons. The first-order valence-corrected chi connectivity index (χ1v) is 5.05. The van der Waals surface area contributed by atoms with E-state index in [0.717, 1.165) is 6.42 Å². The van der Waals surface area contributed by atoms with Gasteiger partial charge in [0.15, 0.2) is 18.5 Å². The van der Waals surface area contributed by atoms with Gasteiger partial charge in [0.05, 0.1) is 0 Å². The Hall–Kier alpha value is -1.65. The van der Waals surface area contributed by atoms with Crippen LogP contribution in [0.1, 0.15) is 26.2 Å². The molecule has 1 atom stereocenters. The third-order valence-corrected chi connectivity index (χ3v) is 2.19. The van der Waals surface area contributed by atoms with E-state index in [2.05, 4.69) is 11.3 Å². The van der Waals surface area contributed by atoms with E-state index in [-0.39, 0.29) is 11.4 Å². The van der Waals surface area contributed by atoms with Gasteiger partial charge in [0.25, 0.3) is 0 Å². The number of carbonyl (C=O) groups excluding carboxylic acids is 3. The molecular weight excluding hydrogens is 212 g/mol. The molecule has 0 aromatic heterocycles. The first-order valence-electron chi connectivity index (χ1n) is 5.05. The molecule has 1 saturated carbocycles. The monoisotopic (exact) mass is 226 g/mol. The van der Waals surface area contributed by atoms with Crippen LogP contribution in [-0.4, -0.2) is 30.4 Å². The molecule has 1 aliphatic carbocycles. The zero-order valence-corrected chi connectivity index (χ0v) is 9.15. The van der Waals surface area contributed by atoms with Crippen molar-refractivity contribution in [2.75, 3.05) is 6.61 Å². The van der Waals surface area contributed by atoms with Crippen molar-refractivity contribution >= 4 is 17.7 Å².